The van der Waals surface area contributed by atoms with E-state index in [-0.39, 0.29) is 5.91 Å². The van der Waals surface area contributed by atoms with Gasteiger partial charge in [-0.25, -0.2) is 0 Å². The van der Waals surface area contributed by atoms with Crippen LogP contribution in [-0.4, -0.2) is 24.0 Å². The number of carbonyl (C=O) groups is 1. The van der Waals surface area contributed by atoms with Crippen LogP contribution in [-0.2, 0) is 5.75 Å². The first-order chi connectivity index (χ1) is 14.3. The van der Waals surface area contributed by atoms with Gasteiger partial charge in [0.15, 0.2) is 0 Å². The average Bonchev–Trinajstić information content (AvgIpc) is 2.80. The van der Waals surface area contributed by atoms with Crippen LogP contribution in [0.25, 0.3) is 0 Å². The Morgan fingerprint density at radius 3 is 2.52 bits per heavy atom. The van der Waals surface area contributed by atoms with Crippen LogP contribution in [0.3, 0.4) is 0 Å². The normalized spacial score (nSPS) is 13.9. The van der Waals surface area contributed by atoms with Crippen molar-refractivity contribution in [2.24, 2.45) is 0 Å². The van der Waals surface area contributed by atoms with E-state index in [9.17, 15) is 4.79 Å². The molecule has 1 aliphatic heterocycles. The molecular weight excluding hydrogens is 378 g/mol. The van der Waals surface area contributed by atoms with Crippen LogP contribution in [0.2, 0.25) is 0 Å². The summed E-state index contributed by atoms with van der Waals surface area (Å²) in [6, 6.07) is 19.9. The molecule has 0 aliphatic carbocycles. The predicted molar refractivity (Wildman–Crippen MR) is 121 cm³/mol. The average molecular weight is 404 g/mol. The standard InChI is InChI=1S/C24H25N3OS/c28-24(26-22-8-2-3-9-23(22)27-15-4-1-5-16-27)20-10-12-21(13-11-20)29-18-19-7-6-14-25-17-19/h2-3,6-14,17H,1,4-5,15-16,18H2,(H,26,28). The Hall–Kier alpha value is -2.79. The van der Waals surface area contributed by atoms with E-state index < -0.39 is 0 Å². The summed E-state index contributed by atoms with van der Waals surface area (Å²) in [5.41, 5.74) is 3.86. The van der Waals surface area contributed by atoms with Crippen molar-refractivity contribution in [3.63, 3.8) is 0 Å². The molecule has 1 amide bonds. The molecule has 2 aromatic carbocycles. The first kappa shape index (κ1) is 19.5. The summed E-state index contributed by atoms with van der Waals surface area (Å²) in [5, 5.41) is 3.11. The molecule has 148 valence electrons. The SMILES string of the molecule is O=C(Nc1ccccc1N1CCCCC1)c1ccc(SCc2cccnc2)cc1. The molecule has 1 fully saturated rings. The van der Waals surface area contributed by atoms with Crippen LogP contribution in [0.4, 0.5) is 11.4 Å². The van der Waals surface area contributed by atoms with Gasteiger partial charge in [-0.05, 0) is 67.3 Å². The zero-order chi connectivity index (χ0) is 19.9. The van der Waals surface area contributed by atoms with Crippen LogP contribution >= 0.6 is 11.8 Å². The summed E-state index contributed by atoms with van der Waals surface area (Å²) < 4.78 is 0. The second-order valence-electron chi connectivity index (χ2n) is 7.19. The van der Waals surface area contributed by atoms with Crippen LogP contribution in [0.1, 0.15) is 35.2 Å². The number of anilines is 2. The number of amides is 1. The van der Waals surface area contributed by atoms with E-state index in [0.29, 0.717) is 5.56 Å². The van der Waals surface area contributed by atoms with Crippen molar-refractivity contribution in [1.82, 2.24) is 4.98 Å². The van der Waals surface area contributed by atoms with Gasteiger partial charge in [-0.15, -0.1) is 11.8 Å². The Morgan fingerprint density at radius 1 is 0.966 bits per heavy atom. The lowest BCUT2D eigenvalue weighted by Crippen LogP contribution is -2.30. The topological polar surface area (TPSA) is 45.2 Å². The maximum atomic E-state index is 12.8. The smallest absolute Gasteiger partial charge is 0.255 e. The van der Waals surface area contributed by atoms with E-state index in [1.54, 1.807) is 18.0 Å². The number of pyridine rings is 1. The molecule has 0 radical (unpaired) electrons. The lowest BCUT2D eigenvalue weighted by atomic mass is 10.1. The van der Waals surface area contributed by atoms with Crippen LogP contribution < -0.4 is 10.2 Å². The van der Waals surface area contributed by atoms with E-state index in [0.717, 1.165) is 35.1 Å². The minimum Gasteiger partial charge on any atom is -0.370 e. The van der Waals surface area contributed by atoms with E-state index in [2.05, 4.69) is 27.3 Å². The van der Waals surface area contributed by atoms with E-state index >= 15 is 0 Å². The van der Waals surface area contributed by atoms with Gasteiger partial charge in [0.1, 0.15) is 0 Å². The molecule has 1 aliphatic rings. The predicted octanol–water partition coefficient (Wildman–Crippen LogP) is 5.62. The van der Waals surface area contributed by atoms with Gasteiger partial charge in [0, 0.05) is 41.7 Å². The highest BCUT2D eigenvalue weighted by molar-refractivity contribution is 7.98. The largest absolute Gasteiger partial charge is 0.370 e. The Labute approximate surface area is 176 Å². The quantitative estimate of drug-likeness (QED) is 0.543. The van der Waals surface area contributed by atoms with Crippen molar-refractivity contribution in [2.75, 3.05) is 23.3 Å². The minimum absolute atomic E-state index is 0.0710. The van der Waals surface area contributed by atoms with Crippen molar-refractivity contribution in [3.05, 3.63) is 84.2 Å². The van der Waals surface area contributed by atoms with Gasteiger partial charge in [0.25, 0.3) is 5.91 Å². The Kier molecular flexibility index (Phi) is 6.47. The molecule has 5 heteroatoms. The van der Waals surface area contributed by atoms with Crippen molar-refractivity contribution < 1.29 is 4.79 Å². The summed E-state index contributed by atoms with van der Waals surface area (Å²) in [5.74, 6) is 0.793. The first-order valence-corrected chi connectivity index (χ1v) is 11.1. The lowest BCUT2D eigenvalue weighted by molar-refractivity contribution is 0.102. The molecule has 1 saturated heterocycles. The summed E-state index contributed by atoms with van der Waals surface area (Å²) in [6.45, 7) is 2.10. The number of nitrogens with one attached hydrogen (secondary N) is 1. The maximum Gasteiger partial charge on any atom is 0.255 e. The number of nitrogens with zero attached hydrogens (tertiary/aromatic N) is 2. The number of benzene rings is 2. The van der Waals surface area contributed by atoms with Gasteiger partial charge in [0.05, 0.1) is 11.4 Å². The first-order valence-electron chi connectivity index (χ1n) is 10.1. The van der Waals surface area contributed by atoms with Crippen molar-refractivity contribution in [3.8, 4) is 0 Å². The summed E-state index contributed by atoms with van der Waals surface area (Å²) in [6.07, 6.45) is 7.37. The third-order valence-corrected chi connectivity index (χ3v) is 6.18. The monoisotopic (exact) mass is 403 g/mol. The Bertz CT molecular complexity index is 938. The molecule has 0 saturated carbocycles. The Balaban J connectivity index is 1.40. The molecule has 0 spiro atoms. The molecule has 0 atom stereocenters. The van der Waals surface area contributed by atoms with Crippen LogP contribution in [0.5, 0.6) is 0 Å². The highest BCUT2D eigenvalue weighted by Gasteiger charge is 2.16. The fraction of sp³-hybridized carbons (Fsp3) is 0.250. The number of piperidine rings is 1. The van der Waals surface area contributed by atoms with E-state index in [1.165, 1.54) is 24.8 Å². The van der Waals surface area contributed by atoms with Crippen molar-refractivity contribution in [2.45, 2.75) is 29.9 Å². The van der Waals surface area contributed by atoms with Crippen LogP contribution in [0, 0.1) is 0 Å². The second kappa shape index (κ2) is 9.61. The van der Waals surface area contributed by atoms with Gasteiger partial charge in [0.2, 0.25) is 0 Å². The molecule has 4 rings (SSSR count). The number of rotatable bonds is 6. The van der Waals surface area contributed by atoms with Crippen molar-refractivity contribution >= 4 is 29.0 Å². The third kappa shape index (κ3) is 5.18. The summed E-state index contributed by atoms with van der Waals surface area (Å²) >= 11 is 1.74. The third-order valence-electron chi connectivity index (χ3n) is 5.09. The molecular formula is C24H25N3OS. The summed E-state index contributed by atoms with van der Waals surface area (Å²) in [7, 11) is 0. The van der Waals surface area contributed by atoms with Gasteiger partial charge in [-0.1, -0.05) is 18.2 Å². The number of hydrogen-bond donors (Lipinski definition) is 1. The van der Waals surface area contributed by atoms with E-state index in [1.807, 2.05) is 54.7 Å². The highest BCUT2D eigenvalue weighted by atomic mass is 32.2. The number of para-hydroxylation sites is 2. The zero-order valence-corrected chi connectivity index (χ0v) is 17.2. The second-order valence-corrected chi connectivity index (χ2v) is 8.24. The molecule has 3 aromatic rings. The van der Waals surface area contributed by atoms with Gasteiger partial charge in [-0.2, -0.15) is 0 Å². The fourth-order valence-electron chi connectivity index (χ4n) is 3.54. The number of aromatic nitrogens is 1. The van der Waals surface area contributed by atoms with Gasteiger partial charge < -0.3 is 10.2 Å². The Morgan fingerprint density at radius 2 is 1.76 bits per heavy atom. The van der Waals surface area contributed by atoms with Crippen molar-refractivity contribution in [1.29, 1.82) is 0 Å². The molecule has 1 N–H and O–H groups in total. The fourth-order valence-corrected chi connectivity index (χ4v) is 4.37. The molecule has 0 unspecified atom stereocenters. The molecule has 2 heterocycles. The van der Waals surface area contributed by atoms with Gasteiger partial charge in [-0.3, -0.25) is 9.78 Å². The van der Waals surface area contributed by atoms with Crippen LogP contribution in [0.15, 0.2) is 78.0 Å². The number of hydrogen-bond acceptors (Lipinski definition) is 4. The van der Waals surface area contributed by atoms with E-state index in [4.69, 9.17) is 0 Å². The molecule has 1 aromatic heterocycles. The minimum atomic E-state index is -0.0710. The lowest BCUT2D eigenvalue weighted by Gasteiger charge is -2.30. The number of carbonyl (C=O) groups excluding carboxylic acids is 1. The highest BCUT2D eigenvalue weighted by Crippen LogP contribution is 2.29. The van der Waals surface area contributed by atoms with Gasteiger partial charge >= 0.3 is 0 Å². The summed E-state index contributed by atoms with van der Waals surface area (Å²) in [4.78, 5) is 20.5. The maximum absolute atomic E-state index is 12.8. The number of thioether (sulfide) groups is 1. The zero-order valence-electron chi connectivity index (χ0n) is 16.4. The molecule has 29 heavy (non-hydrogen) atoms. The molecule has 0 bridgehead atoms. The molecule has 4 nitrogen and oxygen atoms in total.